The normalized spacial score (nSPS) is 14.6. The molecule has 1 aliphatic heterocycles. The quantitative estimate of drug-likeness (QED) is 0.671. The fraction of sp³-hybridized carbons (Fsp3) is 0.409. The summed E-state index contributed by atoms with van der Waals surface area (Å²) in [6.07, 6.45) is -0.0205. The van der Waals surface area contributed by atoms with Crippen molar-refractivity contribution in [2.24, 2.45) is 0 Å². The van der Waals surface area contributed by atoms with Crippen molar-refractivity contribution in [2.75, 3.05) is 49.6 Å². The van der Waals surface area contributed by atoms with E-state index in [1.807, 2.05) is 0 Å². The zero-order valence-electron chi connectivity index (χ0n) is 17.8. The highest BCUT2D eigenvalue weighted by Gasteiger charge is 2.24. The third-order valence-electron chi connectivity index (χ3n) is 5.19. The maximum atomic E-state index is 13.5. The lowest BCUT2D eigenvalue weighted by Crippen LogP contribution is -2.37. The van der Waals surface area contributed by atoms with Gasteiger partial charge < -0.3 is 15.0 Å². The van der Waals surface area contributed by atoms with Gasteiger partial charge in [0.05, 0.1) is 35.9 Å². The number of nitrogens with one attached hydrogen (secondary N) is 1. The Hall–Kier alpha value is -2.49. The molecular formula is C22H28FN3O4S. The average molecular weight is 450 g/mol. The summed E-state index contributed by atoms with van der Waals surface area (Å²) in [5, 5.41) is 2.84. The van der Waals surface area contributed by atoms with Gasteiger partial charge in [0.2, 0.25) is 15.9 Å². The number of sulfonamides is 1. The number of carbonyl (C=O) groups is 1. The minimum absolute atomic E-state index is 0.0205. The number of hydrogen-bond acceptors (Lipinski definition) is 5. The van der Waals surface area contributed by atoms with Crippen molar-refractivity contribution in [1.29, 1.82) is 0 Å². The highest BCUT2D eigenvalue weighted by molar-refractivity contribution is 7.89. The first-order valence-electron chi connectivity index (χ1n) is 10.4. The van der Waals surface area contributed by atoms with Gasteiger partial charge in [-0.15, -0.1) is 0 Å². The van der Waals surface area contributed by atoms with E-state index in [2.05, 4.69) is 10.2 Å². The second-order valence-corrected chi connectivity index (χ2v) is 9.16. The molecule has 1 fully saturated rings. The maximum Gasteiger partial charge on any atom is 0.243 e. The molecule has 2 aromatic rings. The van der Waals surface area contributed by atoms with Crippen LogP contribution in [-0.4, -0.2) is 58.0 Å². The van der Waals surface area contributed by atoms with E-state index in [1.54, 1.807) is 38.1 Å². The minimum Gasteiger partial charge on any atom is -0.378 e. The van der Waals surface area contributed by atoms with Crippen LogP contribution < -0.4 is 10.2 Å². The number of ether oxygens (including phenoxy) is 1. The number of halogens is 1. The Balaban J connectivity index is 1.92. The Labute approximate surface area is 182 Å². The van der Waals surface area contributed by atoms with Crippen LogP contribution >= 0.6 is 0 Å². The third-order valence-corrected chi connectivity index (χ3v) is 7.24. The van der Waals surface area contributed by atoms with Crippen molar-refractivity contribution in [3.63, 3.8) is 0 Å². The van der Waals surface area contributed by atoms with Crippen LogP contribution in [0.2, 0.25) is 0 Å². The van der Waals surface area contributed by atoms with Crippen LogP contribution in [0.25, 0.3) is 0 Å². The molecule has 31 heavy (non-hydrogen) atoms. The van der Waals surface area contributed by atoms with Crippen LogP contribution in [0.15, 0.2) is 47.4 Å². The number of carbonyl (C=O) groups excluding carboxylic acids is 1. The standard InChI is InChI=1S/C22H28FN3O4S/c1-3-26(4-2)31(28,29)19-8-9-21(25-10-12-30-13-11-25)20(16-19)24-22(27)15-17-6-5-7-18(23)14-17/h5-9,14,16H,3-4,10-13,15H2,1-2H3,(H,24,27). The van der Waals surface area contributed by atoms with E-state index in [4.69, 9.17) is 4.74 Å². The zero-order valence-corrected chi connectivity index (χ0v) is 18.6. The molecule has 1 N–H and O–H groups in total. The Morgan fingerprint density at radius 1 is 1.13 bits per heavy atom. The van der Waals surface area contributed by atoms with Crippen molar-refractivity contribution in [2.45, 2.75) is 25.2 Å². The second-order valence-electron chi connectivity index (χ2n) is 7.22. The van der Waals surface area contributed by atoms with Crippen LogP contribution in [0, 0.1) is 5.82 Å². The Bertz CT molecular complexity index is 1020. The molecule has 3 rings (SSSR count). The number of hydrogen-bond donors (Lipinski definition) is 1. The largest absolute Gasteiger partial charge is 0.378 e. The molecule has 1 amide bonds. The molecular weight excluding hydrogens is 421 g/mol. The Morgan fingerprint density at radius 2 is 1.84 bits per heavy atom. The first-order valence-corrected chi connectivity index (χ1v) is 11.8. The summed E-state index contributed by atoms with van der Waals surface area (Å²) in [6.45, 7) is 6.64. The van der Waals surface area contributed by atoms with Gasteiger partial charge in [0.25, 0.3) is 0 Å². The van der Waals surface area contributed by atoms with Crippen molar-refractivity contribution >= 4 is 27.3 Å². The number of anilines is 2. The van der Waals surface area contributed by atoms with Gasteiger partial charge in [0.1, 0.15) is 5.82 Å². The van der Waals surface area contributed by atoms with E-state index in [1.165, 1.54) is 22.5 Å². The van der Waals surface area contributed by atoms with Gasteiger partial charge in [-0.05, 0) is 35.9 Å². The van der Waals surface area contributed by atoms with E-state index in [0.29, 0.717) is 50.6 Å². The molecule has 0 bridgehead atoms. The monoisotopic (exact) mass is 449 g/mol. The lowest BCUT2D eigenvalue weighted by Gasteiger charge is -2.31. The van der Waals surface area contributed by atoms with Gasteiger partial charge in [-0.1, -0.05) is 26.0 Å². The number of morpholine rings is 1. The van der Waals surface area contributed by atoms with E-state index < -0.39 is 15.8 Å². The smallest absolute Gasteiger partial charge is 0.243 e. The molecule has 168 valence electrons. The van der Waals surface area contributed by atoms with Gasteiger partial charge in [-0.3, -0.25) is 4.79 Å². The topological polar surface area (TPSA) is 79.0 Å². The Kier molecular flexibility index (Phi) is 7.64. The lowest BCUT2D eigenvalue weighted by atomic mass is 10.1. The minimum atomic E-state index is -3.68. The molecule has 1 saturated heterocycles. The van der Waals surface area contributed by atoms with Crippen molar-refractivity contribution in [1.82, 2.24) is 4.31 Å². The van der Waals surface area contributed by atoms with Crippen molar-refractivity contribution < 1.29 is 22.3 Å². The highest BCUT2D eigenvalue weighted by Crippen LogP contribution is 2.31. The maximum absolute atomic E-state index is 13.5. The summed E-state index contributed by atoms with van der Waals surface area (Å²) >= 11 is 0. The molecule has 0 spiro atoms. The van der Waals surface area contributed by atoms with E-state index in [-0.39, 0.29) is 17.2 Å². The van der Waals surface area contributed by atoms with E-state index >= 15 is 0 Å². The van der Waals surface area contributed by atoms with Gasteiger partial charge in [-0.2, -0.15) is 4.31 Å². The molecule has 0 radical (unpaired) electrons. The molecule has 0 unspecified atom stereocenters. The molecule has 1 heterocycles. The fourth-order valence-electron chi connectivity index (χ4n) is 3.60. The number of rotatable bonds is 8. The lowest BCUT2D eigenvalue weighted by molar-refractivity contribution is -0.115. The van der Waals surface area contributed by atoms with Crippen LogP contribution in [0.3, 0.4) is 0 Å². The predicted molar refractivity (Wildman–Crippen MR) is 118 cm³/mol. The van der Waals surface area contributed by atoms with Gasteiger partial charge in [0.15, 0.2) is 0 Å². The molecule has 2 aromatic carbocycles. The van der Waals surface area contributed by atoms with Crippen molar-refractivity contribution in [3.8, 4) is 0 Å². The average Bonchev–Trinajstić information content (AvgIpc) is 2.75. The first-order chi connectivity index (χ1) is 14.8. The summed E-state index contributed by atoms with van der Waals surface area (Å²) in [5.41, 5.74) is 1.68. The summed E-state index contributed by atoms with van der Waals surface area (Å²) in [5.74, 6) is -0.760. The third kappa shape index (κ3) is 5.61. The SMILES string of the molecule is CCN(CC)S(=O)(=O)c1ccc(N2CCOCC2)c(NC(=O)Cc2cccc(F)c2)c1. The van der Waals surface area contributed by atoms with Crippen LogP contribution in [-0.2, 0) is 26.0 Å². The molecule has 0 saturated carbocycles. The second kappa shape index (κ2) is 10.2. The van der Waals surface area contributed by atoms with E-state index in [9.17, 15) is 17.6 Å². The van der Waals surface area contributed by atoms with Gasteiger partial charge >= 0.3 is 0 Å². The van der Waals surface area contributed by atoms with Gasteiger partial charge in [0, 0.05) is 26.2 Å². The van der Waals surface area contributed by atoms with Gasteiger partial charge in [-0.25, -0.2) is 12.8 Å². The molecule has 0 aromatic heterocycles. The summed E-state index contributed by atoms with van der Waals surface area (Å²) in [4.78, 5) is 14.9. The molecule has 0 atom stereocenters. The van der Waals surface area contributed by atoms with Crippen molar-refractivity contribution in [3.05, 3.63) is 53.8 Å². The number of amides is 1. The Morgan fingerprint density at radius 3 is 2.48 bits per heavy atom. The summed E-state index contributed by atoms with van der Waals surface area (Å²) in [7, 11) is -3.68. The predicted octanol–water partition coefficient (Wildman–Crippen LogP) is 2.87. The summed E-state index contributed by atoms with van der Waals surface area (Å²) < 4.78 is 46.2. The highest BCUT2D eigenvalue weighted by atomic mass is 32.2. The van der Waals surface area contributed by atoms with Crippen LogP contribution in [0.5, 0.6) is 0 Å². The molecule has 9 heteroatoms. The van der Waals surface area contributed by atoms with Crippen LogP contribution in [0.4, 0.5) is 15.8 Å². The van der Waals surface area contributed by atoms with Crippen LogP contribution in [0.1, 0.15) is 19.4 Å². The fourth-order valence-corrected chi connectivity index (χ4v) is 5.08. The summed E-state index contributed by atoms with van der Waals surface area (Å²) in [6, 6.07) is 10.6. The first kappa shape index (κ1) is 23.2. The molecule has 7 nitrogen and oxygen atoms in total. The molecule has 0 aliphatic carbocycles. The zero-order chi connectivity index (χ0) is 22.4. The number of benzene rings is 2. The van der Waals surface area contributed by atoms with E-state index in [0.717, 1.165) is 5.69 Å². The molecule has 1 aliphatic rings. The number of nitrogens with zero attached hydrogens (tertiary/aromatic N) is 2.